The number of nitrogens with zero attached hydrogens (tertiary/aromatic N) is 2. The molecule has 2 saturated heterocycles. The summed E-state index contributed by atoms with van der Waals surface area (Å²) in [5.74, 6) is -0.467. The van der Waals surface area contributed by atoms with Crippen LogP contribution in [0.3, 0.4) is 0 Å². The smallest absolute Gasteiger partial charge is 0.320 e. The van der Waals surface area contributed by atoms with Gasteiger partial charge in [-0.05, 0) is 44.9 Å². The van der Waals surface area contributed by atoms with Crippen molar-refractivity contribution in [2.24, 2.45) is 5.92 Å². The first kappa shape index (κ1) is 15.1. The van der Waals surface area contributed by atoms with Crippen molar-refractivity contribution in [3.05, 3.63) is 0 Å². The Morgan fingerprint density at radius 1 is 1.20 bits per heavy atom. The van der Waals surface area contributed by atoms with Crippen LogP contribution in [0, 0.1) is 5.92 Å². The molecular formula is C15H26N2O3. The van der Waals surface area contributed by atoms with Gasteiger partial charge in [-0.3, -0.25) is 4.79 Å². The third-order valence-electron chi connectivity index (χ3n) is 4.66. The summed E-state index contributed by atoms with van der Waals surface area (Å²) in [4.78, 5) is 27.5. The highest BCUT2D eigenvalue weighted by molar-refractivity contribution is 5.76. The van der Waals surface area contributed by atoms with Gasteiger partial charge in [0.2, 0.25) is 0 Å². The number of urea groups is 1. The van der Waals surface area contributed by atoms with E-state index in [2.05, 4.69) is 11.8 Å². The van der Waals surface area contributed by atoms with E-state index < -0.39 is 5.97 Å². The Balaban J connectivity index is 2.01. The zero-order valence-corrected chi connectivity index (χ0v) is 12.5. The number of rotatable bonds is 5. The Hall–Kier alpha value is -1.26. The average Bonchev–Trinajstić information content (AvgIpc) is 2.66. The Morgan fingerprint density at radius 2 is 1.80 bits per heavy atom. The Morgan fingerprint density at radius 3 is 2.25 bits per heavy atom. The van der Waals surface area contributed by atoms with Crippen LogP contribution in [0.2, 0.25) is 0 Å². The number of hydrogen-bond donors (Lipinski definition) is 1. The lowest BCUT2D eigenvalue weighted by Crippen LogP contribution is -2.52. The van der Waals surface area contributed by atoms with Crippen LogP contribution in [-0.2, 0) is 4.79 Å². The number of carbonyl (C=O) groups is 2. The van der Waals surface area contributed by atoms with E-state index in [0.29, 0.717) is 0 Å². The fourth-order valence-electron chi connectivity index (χ4n) is 3.84. The first-order chi connectivity index (χ1) is 9.56. The SMILES string of the molecule is CCCN(CC)C(=O)N1C2CCC1CC(CC(=O)O)C2. The summed E-state index contributed by atoms with van der Waals surface area (Å²) in [7, 11) is 0. The maximum Gasteiger partial charge on any atom is 0.320 e. The largest absolute Gasteiger partial charge is 0.481 e. The average molecular weight is 282 g/mol. The molecule has 20 heavy (non-hydrogen) atoms. The van der Waals surface area contributed by atoms with E-state index in [1.807, 2.05) is 11.8 Å². The van der Waals surface area contributed by atoms with Crippen LogP contribution in [0.1, 0.15) is 52.4 Å². The second-order valence-corrected chi connectivity index (χ2v) is 6.09. The Bertz CT molecular complexity index is 358. The second kappa shape index (κ2) is 6.46. The van der Waals surface area contributed by atoms with Crippen molar-refractivity contribution in [3.8, 4) is 0 Å². The van der Waals surface area contributed by atoms with Crippen molar-refractivity contribution in [2.75, 3.05) is 13.1 Å². The fourth-order valence-corrected chi connectivity index (χ4v) is 3.84. The minimum atomic E-state index is -0.713. The van der Waals surface area contributed by atoms with E-state index in [9.17, 15) is 9.59 Å². The van der Waals surface area contributed by atoms with E-state index in [-0.39, 0.29) is 30.5 Å². The maximum absolute atomic E-state index is 12.6. The minimum absolute atomic E-state index is 0.163. The molecule has 0 radical (unpaired) electrons. The highest BCUT2D eigenvalue weighted by Crippen LogP contribution is 2.40. The van der Waals surface area contributed by atoms with Gasteiger partial charge >= 0.3 is 12.0 Å². The molecule has 0 saturated carbocycles. The lowest BCUT2D eigenvalue weighted by molar-refractivity contribution is -0.138. The molecule has 2 atom stereocenters. The first-order valence-corrected chi connectivity index (χ1v) is 7.85. The van der Waals surface area contributed by atoms with Crippen molar-refractivity contribution in [1.82, 2.24) is 9.80 Å². The molecule has 1 N–H and O–H groups in total. The van der Waals surface area contributed by atoms with Crippen LogP contribution in [-0.4, -0.2) is 52.1 Å². The molecule has 2 unspecified atom stereocenters. The van der Waals surface area contributed by atoms with Crippen LogP contribution >= 0.6 is 0 Å². The van der Waals surface area contributed by atoms with Crippen LogP contribution in [0.4, 0.5) is 4.79 Å². The van der Waals surface area contributed by atoms with Crippen molar-refractivity contribution in [3.63, 3.8) is 0 Å². The number of carbonyl (C=O) groups excluding carboxylic acids is 1. The van der Waals surface area contributed by atoms with Crippen LogP contribution in [0.5, 0.6) is 0 Å². The molecule has 2 heterocycles. The third-order valence-corrected chi connectivity index (χ3v) is 4.66. The summed E-state index contributed by atoms with van der Waals surface area (Å²) < 4.78 is 0. The van der Waals surface area contributed by atoms with Gasteiger partial charge in [0.1, 0.15) is 0 Å². The van der Waals surface area contributed by atoms with Gasteiger partial charge in [-0.2, -0.15) is 0 Å². The van der Waals surface area contributed by atoms with Crippen LogP contribution in [0.15, 0.2) is 0 Å². The molecule has 2 aliphatic heterocycles. The quantitative estimate of drug-likeness (QED) is 0.843. The molecule has 0 aliphatic carbocycles. The predicted octanol–water partition coefficient (Wildman–Crippen LogP) is 2.56. The molecule has 2 rings (SSSR count). The predicted molar refractivity (Wildman–Crippen MR) is 76.6 cm³/mol. The van der Waals surface area contributed by atoms with Gasteiger partial charge in [0.05, 0.1) is 0 Å². The summed E-state index contributed by atoms with van der Waals surface area (Å²) in [5.41, 5.74) is 0. The number of carboxylic acids is 1. The van der Waals surface area contributed by atoms with Gasteiger partial charge in [0, 0.05) is 31.6 Å². The number of piperidine rings is 1. The molecular weight excluding hydrogens is 256 g/mol. The third kappa shape index (κ3) is 3.07. The molecule has 2 aliphatic rings. The number of fused-ring (bicyclic) bond motifs is 2. The van der Waals surface area contributed by atoms with E-state index in [1.54, 1.807) is 0 Å². The van der Waals surface area contributed by atoms with Gasteiger partial charge in [-0.25, -0.2) is 4.79 Å². The maximum atomic E-state index is 12.6. The van der Waals surface area contributed by atoms with Crippen molar-refractivity contribution >= 4 is 12.0 Å². The van der Waals surface area contributed by atoms with Crippen molar-refractivity contribution in [1.29, 1.82) is 0 Å². The summed E-state index contributed by atoms with van der Waals surface area (Å²) in [6.45, 7) is 5.67. The Labute approximate surface area is 120 Å². The highest BCUT2D eigenvalue weighted by atomic mass is 16.4. The Kier molecular flexibility index (Phi) is 4.89. The molecule has 5 nitrogen and oxygen atoms in total. The lowest BCUT2D eigenvalue weighted by atomic mass is 9.88. The molecule has 2 amide bonds. The molecule has 0 spiro atoms. The number of aliphatic carboxylic acids is 1. The summed E-state index contributed by atoms with van der Waals surface area (Å²) in [5, 5.41) is 8.94. The molecule has 0 aromatic heterocycles. The summed E-state index contributed by atoms with van der Waals surface area (Å²) in [6, 6.07) is 0.684. The number of amides is 2. The molecule has 0 aromatic carbocycles. The molecule has 2 bridgehead atoms. The monoisotopic (exact) mass is 282 g/mol. The first-order valence-electron chi connectivity index (χ1n) is 7.85. The van der Waals surface area contributed by atoms with Crippen LogP contribution in [0.25, 0.3) is 0 Å². The van der Waals surface area contributed by atoms with E-state index in [4.69, 9.17) is 5.11 Å². The van der Waals surface area contributed by atoms with Gasteiger partial charge in [-0.15, -0.1) is 0 Å². The number of carboxylic acid groups (broad SMARTS) is 1. The van der Waals surface area contributed by atoms with E-state index >= 15 is 0 Å². The summed E-state index contributed by atoms with van der Waals surface area (Å²) in [6.07, 6.45) is 5.02. The summed E-state index contributed by atoms with van der Waals surface area (Å²) >= 11 is 0. The van der Waals surface area contributed by atoms with Gasteiger partial charge in [-0.1, -0.05) is 6.92 Å². The minimum Gasteiger partial charge on any atom is -0.481 e. The fraction of sp³-hybridized carbons (Fsp3) is 0.867. The molecule has 2 fully saturated rings. The second-order valence-electron chi connectivity index (χ2n) is 6.09. The zero-order valence-electron chi connectivity index (χ0n) is 12.5. The zero-order chi connectivity index (χ0) is 14.7. The van der Waals surface area contributed by atoms with Gasteiger partial charge in [0.25, 0.3) is 0 Å². The highest BCUT2D eigenvalue weighted by Gasteiger charge is 2.44. The van der Waals surface area contributed by atoms with Crippen LogP contribution < -0.4 is 0 Å². The topological polar surface area (TPSA) is 60.9 Å². The van der Waals surface area contributed by atoms with E-state index in [0.717, 1.165) is 45.2 Å². The number of hydrogen-bond acceptors (Lipinski definition) is 2. The van der Waals surface area contributed by atoms with Gasteiger partial charge < -0.3 is 14.9 Å². The van der Waals surface area contributed by atoms with Crippen molar-refractivity contribution in [2.45, 2.75) is 64.5 Å². The van der Waals surface area contributed by atoms with Gasteiger partial charge in [0.15, 0.2) is 0 Å². The van der Waals surface area contributed by atoms with E-state index in [1.165, 1.54) is 0 Å². The molecule has 5 heteroatoms. The van der Waals surface area contributed by atoms with Crippen molar-refractivity contribution < 1.29 is 14.7 Å². The standard InChI is InChI=1S/C15H26N2O3/c1-3-7-16(4-2)15(20)17-12-5-6-13(17)9-11(8-12)10-14(18)19/h11-13H,3-10H2,1-2H3,(H,18,19). The molecule has 114 valence electrons. The molecule has 0 aromatic rings. The lowest BCUT2D eigenvalue weighted by Gasteiger charge is -2.41. The normalized spacial score (nSPS) is 28.5.